The van der Waals surface area contributed by atoms with Gasteiger partial charge in [-0.05, 0) is 31.4 Å². The van der Waals surface area contributed by atoms with Crippen LogP contribution >= 0.6 is 11.3 Å². The molecular formula is C13H12N2O2S. The summed E-state index contributed by atoms with van der Waals surface area (Å²) >= 11 is 1.26. The van der Waals surface area contributed by atoms with Gasteiger partial charge in [-0.3, -0.25) is 4.98 Å². The highest BCUT2D eigenvalue weighted by Gasteiger charge is 2.32. The van der Waals surface area contributed by atoms with Crippen molar-refractivity contribution < 1.29 is 9.90 Å². The maximum Gasteiger partial charge on any atom is 0.347 e. The first-order valence-corrected chi connectivity index (χ1v) is 6.63. The highest BCUT2D eigenvalue weighted by molar-refractivity contribution is 7.17. The third kappa shape index (κ3) is 1.90. The van der Waals surface area contributed by atoms with E-state index in [1.54, 1.807) is 12.4 Å². The summed E-state index contributed by atoms with van der Waals surface area (Å²) in [5, 5.41) is 10.0. The van der Waals surface area contributed by atoms with Crippen LogP contribution in [0.15, 0.2) is 18.5 Å². The Labute approximate surface area is 108 Å². The van der Waals surface area contributed by atoms with Gasteiger partial charge >= 0.3 is 5.97 Å². The molecule has 5 heteroatoms. The van der Waals surface area contributed by atoms with Gasteiger partial charge in [-0.1, -0.05) is 0 Å². The number of carboxylic acid groups (broad SMARTS) is 1. The lowest BCUT2D eigenvalue weighted by molar-refractivity contribution is 0.0700. The van der Waals surface area contributed by atoms with Gasteiger partial charge in [0.25, 0.3) is 0 Å². The zero-order valence-corrected chi connectivity index (χ0v) is 10.7. The Morgan fingerprint density at radius 2 is 2.28 bits per heavy atom. The van der Waals surface area contributed by atoms with Crippen LogP contribution in [0.2, 0.25) is 0 Å². The fraction of sp³-hybridized carbons (Fsp3) is 0.308. The second-order valence-electron chi connectivity index (χ2n) is 4.50. The summed E-state index contributed by atoms with van der Waals surface area (Å²) < 4.78 is 0. The number of thiazole rings is 1. The van der Waals surface area contributed by atoms with Crippen molar-refractivity contribution >= 4 is 17.3 Å². The average molecular weight is 260 g/mol. The van der Waals surface area contributed by atoms with Gasteiger partial charge in [-0.25, -0.2) is 9.78 Å². The molecule has 1 fully saturated rings. The van der Waals surface area contributed by atoms with Crippen molar-refractivity contribution in [2.45, 2.75) is 25.7 Å². The highest BCUT2D eigenvalue weighted by atomic mass is 32.1. The minimum Gasteiger partial charge on any atom is -0.477 e. The molecule has 0 bridgehead atoms. The SMILES string of the molecule is Cc1cnccc1-c1nc(C2CC2)c(C(=O)O)s1. The molecule has 0 aromatic carbocycles. The van der Waals surface area contributed by atoms with E-state index in [9.17, 15) is 9.90 Å². The number of carbonyl (C=O) groups is 1. The number of aromatic carboxylic acids is 1. The second-order valence-corrected chi connectivity index (χ2v) is 5.50. The molecule has 1 aliphatic rings. The zero-order chi connectivity index (χ0) is 12.7. The summed E-state index contributed by atoms with van der Waals surface area (Å²) in [6.07, 6.45) is 5.59. The molecule has 0 aliphatic heterocycles. The van der Waals surface area contributed by atoms with Crippen molar-refractivity contribution in [3.05, 3.63) is 34.6 Å². The molecule has 0 amide bonds. The summed E-state index contributed by atoms with van der Waals surface area (Å²) in [6, 6.07) is 1.89. The van der Waals surface area contributed by atoms with E-state index >= 15 is 0 Å². The van der Waals surface area contributed by atoms with E-state index in [2.05, 4.69) is 9.97 Å². The average Bonchev–Trinajstić information content (AvgIpc) is 3.09. The number of rotatable bonds is 3. The summed E-state index contributed by atoms with van der Waals surface area (Å²) in [5.74, 6) is -0.518. The summed E-state index contributed by atoms with van der Waals surface area (Å²) in [7, 11) is 0. The normalized spacial score (nSPS) is 14.7. The Bertz CT molecular complexity index is 617. The van der Waals surface area contributed by atoms with Crippen molar-refractivity contribution in [3.63, 3.8) is 0 Å². The van der Waals surface area contributed by atoms with Gasteiger partial charge in [0, 0.05) is 23.9 Å². The third-order valence-corrected chi connectivity index (χ3v) is 4.15. The van der Waals surface area contributed by atoms with Crippen LogP contribution < -0.4 is 0 Å². The molecule has 0 unspecified atom stereocenters. The topological polar surface area (TPSA) is 63.1 Å². The fourth-order valence-electron chi connectivity index (χ4n) is 1.95. The van der Waals surface area contributed by atoms with Gasteiger partial charge in [0.15, 0.2) is 0 Å². The van der Waals surface area contributed by atoms with Crippen LogP contribution in [0.5, 0.6) is 0 Å². The largest absolute Gasteiger partial charge is 0.477 e. The van der Waals surface area contributed by atoms with E-state index < -0.39 is 5.97 Å². The van der Waals surface area contributed by atoms with Crippen LogP contribution in [0.3, 0.4) is 0 Å². The Morgan fingerprint density at radius 1 is 1.50 bits per heavy atom. The van der Waals surface area contributed by atoms with Crippen LogP contribution in [-0.2, 0) is 0 Å². The van der Waals surface area contributed by atoms with Crippen LogP contribution in [-0.4, -0.2) is 21.0 Å². The van der Waals surface area contributed by atoms with Crippen molar-refractivity contribution in [1.29, 1.82) is 0 Å². The Balaban J connectivity index is 2.11. The van der Waals surface area contributed by atoms with E-state index in [-0.39, 0.29) is 0 Å². The lowest BCUT2D eigenvalue weighted by atomic mass is 10.2. The van der Waals surface area contributed by atoms with Gasteiger partial charge in [0.05, 0.1) is 5.69 Å². The van der Waals surface area contributed by atoms with Crippen LogP contribution in [0.4, 0.5) is 0 Å². The first-order valence-electron chi connectivity index (χ1n) is 5.82. The Morgan fingerprint density at radius 3 is 2.89 bits per heavy atom. The molecule has 4 nitrogen and oxygen atoms in total. The monoisotopic (exact) mass is 260 g/mol. The smallest absolute Gasteiger partial charge is 0.347 e. The number of hydrogen-bond donors (Lipinski definition) is 1. The number of carboxylic acids is 1. The highest BCUT2D eigenvalue weighted by Crippen LogP contribution is 2.44. The van der Waals surface area contributed by atoms with Gasteiger partial charge < -0.3 is 5.11 Å². The number of aromatic nitrogens is 2. The number of pyridine rings is 1. The molecule has 1 N–H and O–H groups in total. The maximum atomic E-state index is 11.2. The Hall–Kier alpha value is -1.75. The van der Waals surface area contributed by atoms with Gasteiger partial charge in [-0.2, -0.15) is 0 Å². The van der Waals surface area contributed by atoms with Crippen LogP contribution in [0, 0.1) is 6.92 Å². The van der Waals surface area contributed by atoms with Gasteiger partial charge in [0.2, 0.25) is 0 Å². The third-order valence-electron chi connectivity index (χ3n) is 3.06. The molecule has 0 radical (unpaired) electrons. The Kier molecular flexibility index (Phi) is 2.63. The molecule has 0 atom stereocenters. The van der Waals surface area contributed by atoms with Crippen molar-refractivity contribution in [2.75, 3.05) is 0 Å². The number of aryl methyl sites for hydroxylation is 1. The molecule has 3 rings (SSSR count). The first kappa shape index (κ1) is 11.3. The molecule has 1 aliphatic carbocycles. The second kappa shape index (κ2) is 4.17. The number of nitrogens with zero attached hydrogens (tertiary/aromatic N) is 2. The lowest BCUT2D eigenvalue weighted by Crippen LogP contribution is -1.97. The fourth-order valence-corrected chi connectivity index (χ4v) is 3.03. The minimum absolute atomic E-state index is 0.350. The maximum absolute atomic E-state index is 11.2. The molecule has 0 saturated heterocycles. The molecule has 0 spiro atoms. The summed E-state index contributed by atoms with van der Waals surface area (Å²) in [5.41, 5.74) is 2.76. The number of hydrogen-bond acceptors (Lipinski definition) is 4. The van der Waals surface area contributed by atoms with E-state index in [4.69, 9.17) is 0 Å². The van der Waals surface area contributed by atoms with Gasteiger partial charge in [-0.15, -0.1) is 11.3 Å². The van der Waals surface area contributed by atoms with Gasteiger partial charge in [0.1, 0.15) is 9.88 Å². The molecule has 2 heterocycles. The van der Waals surface area contributed by atoms with E-state index in [1.807, 2.05) is 13.0 Å². The summed E-state index contributed by atoms with van der Waals surface area (Å²) in [4.78, 5) is 20.2. The summed E-state index contributed by atoms with van der Waals surface area (Å²) in [6.45, 7) is 1.96. The zero-order valence-electron chi connectivity index (χ0n) is 9.88. The predicted molar refractivity (Wildman–Crippen MR) is 69.0 cm³/mol. The molecule has 92 valence electrons. The van der Waals surface area contributed by atoms with E-state index in [0.29, 0.717) is 10.8 Å². The molecular weight excluding hydrogens is 248 g/mol. The first-order chi connectivity index (χ1) is 8.66. The van der Waals surface area contributed by atoms with E-state index in [1.165, 1.54) is 11.3 Å². The molecule has 2 aromatic heterocycles. The molecule has 1 saturated carbocycles. The van der Waals surface area contributed by atoms with Crippen molar-refractivity contribution in [3.8, 4) is 10.6 Å². The van der Waals surface area contributed by atoms with Crippen molar-refractivity contribution in [1.82, 2.24) is 9.97 Å². The quantitative estimate of drug-likeness (QED) is 0.921. The van der Waals surface area contributed by atoms with Crippen LogP contribution in [0.25, 0.3) is 10.6 Å². The predicted octanol–water partition coefficient (Wildman–Crippen LogP) is 3.09. The van der Waals surface area contributed by atoms with Crippen LogP contribution in [0.1, 0.15) is 39.7 Å². The van der Waals surface area contributed by atoms with E-state index in [0.717, 1.165) is 34.7 Å². The molecule has 2 aromatic rings. The van der Waals surface area contributed by atoms with Crippen molar-refractivity contribution in [2.24, 2.45) is 0 Å². The lowest BCUT2D eigenvalue weighted by Gasteiger charge is -1.99. The molecule has 18 heavy (non-hydrogen) atoms. The minimum atomic E-state index is -0.868. The standard InChI is InChI=1S/C13H12N2O2S/c1-7-6-14-5-4-9(7)12-15-10(8-2-3-8)11(18-12)13(16)17/h4-6,8H,2-3H2,1H3,(H,16,17).